The van der Waals surface area contributed by atoms with Gasteiger partial charge in [0.15, 0.2) is 10.8 Å². The molecule has 0 bridgehead atoms. The van der Waals surface area contributed by atoms with Gasteiger partial charge in [-0.2, -0.15) is 18.3 Å². The van der Waals surface area contributed by atoms with Crippen molar-refractivity contribution in [1.29, 1.82) is 0 Å². The smallest absolute Gasteiger partial charge is 0.344 e. The second kappa shape index (κ2) is 7.47. The van der Waals surface area contributed by atoms with E-state index in [2.05, 4.69) is 15.4 Å². The van der Waals surface area contributed by atoms with Gasteiger partial charge < -0.3 is 10.2 Å². The van der Waals surface area contributed by atoms with Crippen LogP contribution in [0.15, 0.2) is 0 Å². The van der Waals surface area contributed by atoms with E-state index in [4.69, 9.17) is 11.6 Å². The molecule has 0 aliphatic rings. The molecule has 2 amide bonds. The van der Waals surface area contributed by atoms with E-state index in [9.17, 15) is 22.8 Å². The maximum atomic E-state index is 12.9. The van der Waals surface area contributed by atoms with Crippen molar-refractivity contribution in [1.82, 2.24) is 19.7 Å². The summed E-state index contributed by atoms with van der Waals surface area (Å²) < 4.78 is 39.7. The lowest BCUT2D eigenvalue weighted by Gasteiger charge is -2.13. The average molecular weight is 424 g/mol. The summed E-state index contributed by atoms with van der Waals surface area (Å²) in [4.78, 5) is 30.3. The van der Waals surface area contributed by atoms with Gasteiger partial charge in [-0.3, -0.25) is 14.3 Å². The zero-order chi connectivity index (χ0) is 20.7. The van der Waals surface area contributed by atoms with Crippen LogP contribution in [0.2, 0.25) is 5.02 Å². The summed E-state index contributed by atoms with van der Waals surface area (Å²) in [6, 6.07) is -1.07. The van der Waals surface area contributed by atoms with E-state index in [0.29, 0.717) is 10.6 Å². The third kappa shape index (κ3) is 4.24. The average Bonchev–Trinajstić information content (AvgIpc) is 3.06. The second-order valence-electron chi connectivity index (χ2n) is 5.99. The molecule has 1 atom stereocenters. The van der Waals surface area contributed by atoms with E-state index >= 15 is 0 Å². The molecule has 0 spiro atoms. The number of nitrogens with zero attached hydrogens (tertiary/aromatic N) is 4. The lowest BCUT2D eigenvalue weighted by Crippen LogP contribution is -2.25. The molecule has 0 aromatic carbocycles. The number of nitrogens with one attached hydrogen (secondary N) is 1. The molecule has 0 aliphatic heterocycles. The Morgan fingerprint density at radius 1 is 1.30 bits per heavy atom. The minimum absolute atomic E-state index is 0.0189. The Balaban J connectivity index is 2.25. The van der Waals surface area contributed by atoms with Crippen molar-refractivity contribution in [3.05, 3.63) is 27.0 Å². The molecule has 148 valence electrons. The second-order valence-corrected chi connectivity index (χ2v) is 7.37. The highest BCUT2D eigenvalue weighted by molar-refractivity contribution is 7.17. The molecule has 2 heterocycles. The Kier molecular flexibility index (Phi) is 5.85. The summed E-state index contributed by atoms with van der Waals surface area (Å²) in [5, 5.41) is 5.56. The van der Waals surface area contributed by atoms with Crippen LogP contribution >= 0.6 is 22.9 Å². The first kappa shape index (κ1) is 21.2. The number of rotatable bonds is 4. The highest BCUT2D eigenvalue weighted by Gasteiger charge is 2.39. The van der Waals surface area contributed by atoms with Gasteiger partial charge >= 0.3 is 6.18 Å². The normalized spacial score (nSPS) is 12.8. The van der Waals surface area contributed by atoms with Crippen LogP contribution in [0, 0.1) is 13.8 Å². The Morgan fingerprint density at radius 3 is 2.37 bits per heavy atom. The highest BCUT2D eigenvalue weighted by atomic mass is 35.5. The summed E-state index contributed by atoms with van der Waals surface area (Å²) in [7, 11) is 3.18. The molecule has 0 saturated heterocycles. The van der Waals surface area contributed by atoms with Crippen LogP contribution in [0.25, 0.3) is 0 Å². The largest absolute Gasteiger partial charge is 0.436 e. The number of hydrogen-bond acceptors (Lipinski definition) is 5. The summed E-state index contributed by atoms with van der Waals surface area (Å²) in [5.41, 5.74) is -0.782. The zero-order valence-corrected chi connectivity index (χ0v) is 16.7. The van der Waals surface area contributed by atoms with Crippen LogP contribution < -0.4 is 5.32 Å². The molecular weight excluding hydrogens is 407 g/mol. The first-order valence-electron chi connectivity index (χ1n) is 7.66. The van der Waals surface area contributed by atoms with Crippen LogP contribution in [0.3, 0.4) is 0 Å². The van der Waals surface area contributed by atoms with Gasteiger partial charge in [0.25, 0.3) is 11.8 Å². The number of thiazole rings is 1. The Bertz CT molecular complexity index is 891. The number of alkyl halides is 3. The SMILES string of the molecule is Cc1nc(NC(=O)C(C)n2nc(C(F)(F)F)c(Cl)c2C)sc1C(=O)N(C)C. The quantitative estimate of drug-likeness (QED) is 0.815. The van der Waals surface area contributed by atoms with E-state index in [1.54, 1.807) is 21.0 Å². The van der Waals surface area contributed by atoms with Crippen molar-refractivity contribution in [2.45, 2.75) is 33.0 Å². The summed E-state index contributed by atoms with van der Waals surface area (Å²) >= 11 is 6.69. The van der Waals surface area contributed by atoms with E-state index in [1.165, 1.54) is 18.7 Å². The minimum Gasteiger partial charge on any atom is -0.344 e. The molecule has 7 nitrogen and oxygen atoms in total. The Labute approximate surface area is 162 Å². The molecule has 2 aromatic heterocycles. The Hall–Kier alpha value is -2.14. The van der Waals surface area contributed by atoms with Gasteiger partial charge in [0.2, 0.25) is 0 Å². The summed E-state index contributed by atoms with van der Waals surface area (Å²) in [5.74, 6) is -0.897. The van der Waals surface area contributed by atoms with Crippen molar-refractivity contribution in [2.24, 2.45) is 0 Å². The number of carbonyl (C=O) groups is 2. The molecular formula is C15H17ClF3N5O2S. The number of aromatic nitrogens is 3. The van der Waals surface area contributed by atoms with E-state index in [1.807, 2.05) is 0 Å². The fraction of sp³-hybridized carbons (Fsp3) is 0.467. The summed E-state index contributed by atoms with van der Waals surface area (Å²) in [6.07, 6.45) is -4.73. The molecule has 1 N–H and O–H groups in total. The molecule has 0 radical (unpaired) electrons. The van der Waals surface area contributed by atoms with Crippen molar-refractivity contribution < 1.29 is 22.8 Å². The zero-order valence-electron chi connectivity index (χ0n) is 15.1. The standard InChI is InChI=1S/C15H17ClF3N5O2S/c1-6-10(13(26)23(4)5)27-14(20-6)21-12(25)8(3)24-7(2)9(16)11(22-24)15(17,18)19/h8H,1-5H3,(H,20,21,25). The van der Waals surface area contributed by atoms with Gasteiger partial charge in [0.1, 0.15) is 10.9 Å². The van der Waals surface area contributed by atoms with Gasteiger partial charge in [0.05, 0.1) is 16.4 Å². The van der Waals surface area contributed by atoms with Crippen LogP contribution in [0.4, 0.5) is 18.3 Å². The molecule has 27 heavy (non-hydrogen) atoms. The van der Waals surface area contributed by atoms with Crippen molar-refractivity contribution in [2.75, 3.05) is 19.4 Å². The number of anilines is 1. The number of amides is 2. The fourth-order valence-electron chi connectivity index (χ4n) is 2.23. The number of halogens is 4. The molecule has 12 heteroatoms. The lowest BCUT2D eigenvalue weighted by atomic mass is 10.3. The maximum Gasteiger partial charge on any atom is 0.436 e. The molecule has 0 saturated carbocycles. The van der Waals surface area contributed by atoms with Crippen LogP contribution in [-0.2, 0) is 11.0 Å². The molecule has 2 aromatic rings. The van der Waals surface area contributed by atoms with Crippen molar-refractivity contribution >= 4 is 39.9 Å². The first-order chi connectivity index (χ1) is 12.3. The van der Waals surface area contributed by atoms with Gasteiger partial charge in [-0.15, -0.1) is 0 Å². The van der Waals surface area contributed by atoms with E-state index < -0.39 is 28.8 Å². The minimum atomic E-state index is -4.73. The van der Waals surface area contributed by atoms with E-state index in [0.717, 1.165) is 16.0 Å². The topological polar surface area (TPSA) is 80.1 Å². The van der Waals surface area contributed by atoms with Gasteiger partial charge in [0, 0.05) is 14.1 Å². The fourth-order valence-corrected chi connectivity index (χ4v) is 3.45. The molecule has 0 aliphatic carbocycles. The van der Waals surface area contributed by atoms with E-state index in [-0.39, 0.29) is 16.7 Å². The van der Waals surface area contributed by atoms with Gasteiger partial charge in [-0.25, -0.2) is 4.98 Å². The van der Waals surface area contributed by atoms with Gasteiger partial charge in [-0.05, 0) is 20.8 Å². The Morgan fingerprint density at radius 2 is 1.89 bits per heavy atom. The lowest BCUT2D eigenvalue weighted by molar-refractivity contribution is -0.141. The molecule has 2 rings (SSSR count). The highest BCUT2D eigenvalue weighted by Crippen LogP contribution is 2.36. The predicted molar refractivity (Wildman–Crippen MR) is 95.2 cm³/mol. The third-order valence-corrected chi connectivity index (χ3v) is 5.23. The monoisotopic (exact) mass is 423 g/mol. The van der Waals surface area contributed by atoms with Crippen molar-refractivity contribution in [3.63, 3.8) is 0 Å². The van der Waals surface area contributed by atoms with Gasteiger partial charge in [-0.1, -0.05) is 22.9 Å². The number of aryl methyl sites for hydroxylation is 1. The third-order valence-electron chi connectivity index (χ3n) is 3.72. The predicted octanol–water partition coefficient (Wildman–Crippen LogP) is 3.53. The molecule has 1 unspecified atom stereocenters. The first-order valence-corrected chi connectivity index (χ1v) is 8.85. The molecule has 0 fully saturated rings. The number of hydrogen-bond donors (Lipinski definition) is 1. The van der Waals surface area contributed by atoms with Crippen LogP contribution in [0.5, 0.6) is 0 Å². The maximum absolute atomic E-state index is 12.9. The van der Waals surface area contributed by atoms with Crippen LogP contribution in [-0.4, -0.2) is 45.6 Å². The van der Waals surface area contributed by atoms with Crippen LogP contribution in [0.1, 0.15) is 39.7 Å². The van der Waals surface area contributed by atoms with Crippen molar-refractivity contribution in [3.8, 4) is 0 Å². The number of carbonyl (C=O) groups excluding carboxylic acids is 2. The summed E-state index contributed by atoms with van der Waals surface area (Å²) in [6.45, 7) is 4.35.